The molecule has 1 amide bonds. The summed E-state index contributed by atoms with van der Waals surface area (Å²) in [7, 11) is 3.16. The van der Waals surface area contributed by atoms with Gasteiger partial charge in [-0.3, -0.25) is 9.36 Å². The van der Waals surface area contributed by atoms with Crippen LogP contribution in [0.2, 0.25) is 0 Å². The molecule has 26 heavy (non-hydrogen) atoms. The van der Waals surface area contributed by atoms with Crippen molar-refractivity contribution in [3.05, 3.63) is 48.5 Å². The highest BCUT2D eigenvalue weighted by Gasteiger charge is 2.18. The number of aromatic nitrogens is 3. The molecule has 0 saturated heterocycles. The second kappa shape index (κ2) is 7.92. The van der Waals surface area contributed by atoms with E-state index in [9.17, 15) is 4.79 Å². The molecule has 2 aromatic carbocycles. The molecule has 0 bridgehead atoms. The van der Waals surface area contributed by atoms with Crippen LogP contribution in [-0.2, 0) is 4.79 Å². The molecule has 0 spiro atoms. The smallest absolute Gasteiger partial charge is 0.227 e. The van der Waals surface area contributed by atoms with Crippen molar-refractivity contribution in [3.8, 4) is 28.6 Å². The molecule has 1 aromatic heterocycles. The molecule has 3 rings (SSSR count). The number of hydrogen-bond donors (Lipinski definition) is 1. The maximum absolute atomic E-state index is 11.2. The molecule has 2 N–H and O–H groups in total. The summed E-state index contributed by atoms with van der Waals surface area (Å²) < 4.78 is 12.6. The summed E-state index contributed by atoms with van der Waals surface area (Å²) in [5.41, 5.74) is 6.97. The second-order valence-corrected chi connectivity index (χ2v) is 6.24. The fourth-order valence-corrected chi connectivity index (χ4v) is 3.16. The number of primary amides is 1. The highest BCUT2D eigenvalue weighted by Crippen LogP contribution is 2.33. The fraction of sp³-hybridized carbons (Fsp3) is 0.167. The number of benzene rings is 2. The lowest BCUT2D eigenvalue weighted by Gasteiger charge is -2.13. The molecule has 3 aromatic rings. The van der Waals surface area contributed by atoms with Crippen LogP contribution in [0.4, 0.5) is 0 Å². The Hall–Kier alpha value is -3.00. The van der Waals surface area contributed by atoms with Gasteiger partial charge in [-0.15, -0.1) is 10.2 Å². The van der Waals surface area contributed by atoms with Crippen LogP contribution in [0.3, 0.4) is 0 Å². The summed E-state index contributed by atoms with van der Waals surface area (Å²) >= 11 is 1.23. The number of thioether (sulfide) groups is 1. The number of carbonyl (C=O) groups excluding carboxylic acids is 1. The average Bonchev–Trinajstić information content (AvgIpc) is 3.10. The van der Waals surface area contributed by atoms with Crippen molar-refractivity contribution >= 4 is 17.7 Å². The van der Waals surface area contributed by atoms with Gasteiger partial charge in [0.1, 0.15) is 0 Å². The summed E-state index contributed by atoms with van der Waals surface area (Å²) in [5.74, 6) is 1.56. The summed E-state index contributed by atoms with van der Waals surface area (Å²) in [6.45, 7) is 0. The van der Waals surface area contributed by atoms with Gasteiger partial charge in [-0.1, -0.05) is 42.1 Å². The predicted molar refractivity (Wildman–Crippen MR) is 99.8 cm³/mol. The first-order chi connectivity index (χ1) is 12.6. The van der Waals surface area contributed by atoms with Crippen LogP contribution in [-0.4, -0.2) is 40.6 Å². The average molecular weight is 370 g/mol. The maximum atomic E-state index is 11.2. The first-order valence-corrected chi connectivity index (χ1v) is 8.77. The summed E-state index contributed by atoms with van der Waals surface area (Å²) in [6, 6.07) is 15.2. The van der Waals surface area contributed by atoms with E-state index in [-0.39, 0.29) is 5.75 Å². The molecule has 0 aliphatic rings. The van der Waals surface area contributed by atoms with Crippen LogP contribution in [0.1, 0.15) is 0 Å². The Labute approximate surface area is 155 Å². The third-order valence-electron chi connectivity index (χ3n) is 3.63. The number of hydrogen-bond acceptors (Lipinski definition) is 6. The van der Waals surface area contributed by atoms with Crippen molar-refractivity contribution in [2.75, 3.05) is 20.0 Å². The lowest BCUT2D eigenvalue weighted by Crippen LogP contribution is -2.13. The van der Waals surface area contributed by atoms with Crippen LogP contribution in [0, 0.1) is 0 Å². The van der Waals surface area contributed by atoms with E-state index >= 15 is 0 Å². The zero-order chi connectivity index (χ0) is 18.5. The summed E-state index contributed by atoms with van der Waals surface area (Å²) in [4.78, 5) is 11.2. The van der Waals surface area contributed by atoms with E-state index in [0.717, 1.165) is 11.3 Å². The molecule has 0 saturated carbocycles. The van der Waals surface area contributed by atoms with Crippen molar-refractivity contribution in [1.82, 2.24) is 14.8 Å². The number of nitrogens with two attached hydrogens (primary N) is 1. The minimum absolute atomic E-state index is 0.111. The van der Waals surface area contributed by atoms with Crippen LogP contribution in [0.15, 0.2) is 53.7 Å². The zero-order valence-electron chi connectivity index (χ0n) is 14.4. The normalized spacial score (nSPS) is 10.5. The molecule has 0 unspecified atom stereocenters. The molecule has 8 heteroatoms. The van der Waals surface area contributed by atoms with E-state index in [0.29, 0.717) is 22.5 Å². The molecular weight excluding hydrogens is 352 g/mol. The van der Waals surface area contributed by atoms with E-state index in [1.54, 1.807) is 14.2 Å². The number of methoxy groups -OCH3 is 2. The van der Waals surface area contributed by atoms with Gasteiger partial charge in [0.25, 0.3) is 0 Å². The molecule has 7 nitrogen and oxygen atoms in total. The summed E-state index contributed by atoms with van der Waals surface area (Å²) in [6.07, 6.45) is 0. The Morgan fingerprint density at radius 1 is 1.08 bits per heavy atom. The third kappa shape index (κ3) is 3.65. The Morgan fingerprint density at radius 3 is 2.46 bits per heavy atom. The number of carbonyl (C=O) groups is 1. The van der Waals surface area contributed by atoms with Gasteiger partial charge in [-0.05, 0) is 12.1 Å². The molecule has 0 aliphatic carbocycles. The minimum atomic E-state index is -0.418. The first kappa shape index (κ1) is 17.8. The Morgan fingerprint density at radius 2 is 1.81 bits per heavy atom. The third-order valence-corrected chi connectivity index (χ3v) is 4.59. The molecule has 134 valence electrons. The lowest BCUT2D eigenvalue weighted by atomic mass is 10.2. The largest absolute Gasteiger partial charge is 0.493 e. The van der Waals surface area contributed by atoms with Gasteiger partial charge in [0, 0.05) is 11.6 Å². The van der Waals surface area contributed by atoms with Crippen molar-refractivity contribution in [3.63, 3.8) is 0 Å². The van der Waals surface area contributed by atoms with E-state index in [4.69, 9.17) is 15.2 Å². The minimum Gasteiger partial charge on any atom is -0.493 e. The topological polar surface area (TPSA) is 92.3 Å². The second-order valence-electron chi connectivity index (χ2n) is 5.30. The molecule has 0 atom stereocenters. The van der Waals surface area contributed by atoms with Crippen molar-refractivity contribution < 1.29 is 14.3 Å². The van der Waals surface area contributed by atoms with Crippen LogP contribution >= 0.6 is 11.8 Å². The van der Waals surface area contributed by atoms with E-state index < -0.39 is 5.91 Å². The van der Waals surface area contributed by atoms with Gasteiger partial charge in [0.05, 0.1) is 25.7 Å². The summed E-state index contributed by atoms with van der Waals surface area (Å²) in [5, 5.41) is 9.11. The van der Waals surface area contributed by atoms with Gasteiger partial charge in [0.2, 0.25) is 5.91 Å². The van der Waals surface area contributed by atoms with Gasteiger partial charge in [-0.25, -0.2) is 0 Å². The molecular formula is C18H18N4O3S. The Bertz CT molecular complexity index is 912. The van der Waals surface area contributed by atoms with E-state index in [1.165, 1.54) is 11.8 Å². The predicted octanol–water partition coefficient (Wildman–Crippen LogP) is 2.53. The highest BCUT2D eigenvalue weighted by atomic mass is 32.2. The van der Waals surface area contributed by atoms with Crippen LogP contribution in [0.25, 0.3) is 17.1 Å². The van der Waals surface area contributed by atoms with E-state index in [2.05, 4.69) is 10.2 Å². The highest BCUT2D eigenvalue weighted by molar-refractivity contribution is 7.99. The van der Waals surface area contributed by atoms with Gasteiger partial charge in [-0.2, -0.15) is 0 Å². The number of amides is 1. The van der Waals surface area contributed by atoms with Crippen LogP contribution < -0.4 is 15.2 Å². The van der Waals surface area contributed by atoms with Gasteiger partial charge >= 0.3 is 0 Å². The maximum Gasteiger partial charge on any atom is 0.227 e. The van der Waals surface area contributed by atoms with Crippen LogP contribution in [0.5, 0.6) is 11.5 Å². The lowest BCUT2D eigenvalue weighted by molar-refractivity contribution is -0.115. The standard InChI is InChI=1S/C18H18N4O3S/c1-24-14-9-8-13(10-15(14)25-2)22-17(12-6-4-3-5-7-12)20-21-18(22)26-11-16(19)23/h3-10H,11H2,1-2H3,(H2,19,23). The molecule has 0 radical (unpaired) electrons. The molecule has 1 heterocycles. The zero-order valence-corrected chi connectivity index (χ0v) is 15.2. The Balaban J connectivity index is 2.13. The van der Waals surface area contributed by atoms with Gasteiger partial charge < -0.3 is 15.2 Å². The quantitative estimate of drug-likeness (QED) is 0.643. The van der Waals surface area contributed by atoms with Crippen molar-refractivity contribution in [2.24, 2.45) is 5.73 Å². The monoisotopic (exact) mass is 370 g/mol. The van der Waals surface area contributed by atoms with Gasteiger partial charge in [0.15, 0.2) is 22.5 Å². The van der Waals surface area contributed by atoms with Crippen molar-refractivity contribution in [1.29, 1.82) is 0 Å². The van der Waals surface area contributed by atoms with Crippen molar-refractivity contribution in [2.45, 2.75) is 5.16 Å². The van der Waals surface area contributed by atoms with E-state index in [1.807, 2.05) is 53.1 Å². The first-order valence-electron chi connectivity index (χ1n) is 7.78. The molecule has 0 fully saturated rings. The number of nitrogens with zero attached hydrogens (tertiary/aromatic N) is 3. The SMILES string of the molecule is COc1ccc(-n2c(SCC(N)=O)nnc2-c2ccccc2)cc1OC. The fourth-order valence-electron chi connectivity index (χ4n) is 2.47. The number of ether oxygens (including phenoxy) is 2. The molecule has 0 aliphatic heterocycles. The number of rotatable bonds is 7. The Kier molecular flexibility index (Phi) is 5.43.